The van der Waals surface area contributed by atoms with E-state index in [9.17, 15) is 4.79 Å². The first kappa shape index (κ1) is 12.0. The van der Waals surface area contributed by atoms with Crippen molar-refractivity contribution in [2.75, 3.05) is 12.8 Å². The maximum atomic E-state index is 11.3. The maximum absolute atomic E-state index is 11.3. The van der Waals surface area contributed by atoms with Gasteiger partial charge in [0.15, 0.2) is 5.82 Å². The highest BCUT2D eigenvalue weighted by Crippen LogP contribution is 2.18. The van der Waals surface area contributed by atoms with Crippen LogP contribution < -0.4 is 5.73 Å². The summed E-state index contributed by atoms with van der Waals surface area (Å²) in [6, 6.07) is 6.86. The molecule has 0 aliphatic carbocycles. The number of carbonyl (C=O) groups excluding carboxylic acids is 1. The molecule has 0 spiro atoms. The van der Waals surface area contributed by atoms with E-state index in [-0.39, 0.29) is 5.97 Å². The lowest BCUT2D eigenvalue weighted by Crippen LogP contribution is -2.01. The zero-order valence-corrected chi connectivity index (χ0v) is 10.2. The molecular formula is C13H13N3O2. The van der Waals surface area contributed by atoms with Gasteiger partial charge in [-0.2, -0.15) is 0 Å². The van der Waals surface area contributed by atoms with Crippen LogP contribution in [-0.4, -0.2) is 23.0 Å². The topological polar surface area (TPSA) is 78.1 Å². The molecule has 2 aromatic rings. The van der Waals surface area contributed by atoms with Crippen molar-refractivity contribution in [3.63, 3.8) is 0 Å². The molecule has 1 heterocycles. The zero-order valence-electron chi connectivity index (χ0n) is 10.2. The standard InChI is InChI=1S/C13H13N3O2/c1-8-7-15-12(16-11(8)14)9-3-5-10(6-4-9)13(17)18-2/h3-7H,1-2H3,(H2,14,15,16). The van der Waals surface area contributed by atoms with E-state index >= 15 is 0 Å². The predicted molar refractivity (Wildman–Crippen MR) is 68.0 cm³/mol. The van der Waals surface area contributed by atoms with Gasteiger partial charge in [0.1, 0.15) is 5.82 Å². The number of carbonyl (C=O) groups is 1. The smallest absolute Gasteiger partial charge is 0.337 e. The molecule has 2 rings (SSSR count). The van der Waals surface area contributed by atoms with Crippen LogP contribution in [-0.2, 0) is 4.74 Å². The Balaban J connectivity index is 2.34. The highest BCUT2D eigenvalue weighted by Gasteiger charge is 2.07. The van der Waals surface area contributed by atoms with Crippen molar-refractivity contribution in [2.45, 2.75) is 6.92 Å². The number of anilines is 1. The number of rotatable bonds is 2. The van der Waals surface area contributed by atoms with Gasteiger partial charge in [-0.1, -0.05) is 12.1 Å². The van der Waals surface area contributed by atoms with Crippen molar-refractivity contribution < 1.29 is 9.53 Å². The molecule has 0 unspecified atom stereocenters. The molecule has 0 saturated carbocycles. The fraction of sp³-hybridized carbons (Fsp3) is 0.154. The molecule has 0 atom stereocenters. The third kappa shape index (κ3) is 2.29. The van der Waals surface area contributed by atoms with Crippen molar-refractivity contribution >= 4 is 11.8 Å². The number of benzene rings is 1. The van der Waals surface area contributed by atoms with Crippen molar-refractivity contribution in [3.05, 3.63) is 41.6 Å². The highest BCUT2D eigenvalue weighted by atomic mass is 16.5. The number of nitrogens with two attached hydrogens (primary N) is 1. The maximum Gasteiger partial charge on any atom is 0.337 e. The number of aryl methyl sites for hydroxylation is 1. The summed E-state index contributed by atoms with van der Waals surface area (Å²) in [5.41, 5.74) is 7.86. The molecule has 2 N–H and O–H groups in total. The van der Waals surface area contributed by atoms with Gasteiger partial charge >= 0.3 is 5.97 Å². The van der Waals surface area contributed by atoms with Gasteiger partial charge in [0.25, 0.3) is 0 Å². The lowest BCUT2D eigenvalue weighted by molar-refractivity contribution is 0.0601. The van der Waals surface area contributed by atoms with Crippen LogP contribution in [0.5, 0.6) is 0 Å². The van der Waals surface area contributed by atoms with E-state index in [2.05, 4.69) is 14.7 Å². The monoisotopic (exact) mass is 243 g/mol. The number of nitrogen functional groups attached to an aromatic ring is 1. The number of ether oxygens (including phenoxy) is 1. The number of nitrogens with zero attached hydrogens (tertiary/aromatic N) is 2. The van der Waals surface area contributed by atoms with Gasteiger partial charge < -0.3 is 10.5 Å². The van der Waals surface area contributed by atoms with Crippen molar-refractivity contribution in [1.29, 1.82) is 0 Å². The Bertz CT molecular complexity index is 579. The molecule has 18 heavy (non-hydrogen) atoms. The first-order valence-corrected chi connectivity index (χ1v) is 5.39. The lowest BCUT2D eigenvalue weighted by Gasteiger charge is -2.04. The van der Waals surface area contributed by atoms with Crippen LogP contribution >= 0.6 is 0 Å². The van der Waals surface area contributed by atoms with Crippen LogP contribution in [0.15, 0.2) is 30.5 Å². The van der Waals surface area contributed by atoms with E-state index in [1.165, 1.54) is 7.11 Å². The van der Waals surface area contributed by atoms with E-state index in [1.807, 2.05) is 6.92 Å². The number of hydrogen-bond acceptors (Lipinski definition) is 5. The molecule has 1 aromatic carbocycles. The summed E-state index contributed by atoms with van der Waals surface area (Å²) in [7, 11) is 1.35. The van der Waals surface area contributed by atoms with E-state index < -0.39 is 0 Å². The summed E-state index contributed by atoms with van der Waals surface area (Å²) in [4.78, 5) is 19.7. The van der Waals surface area contributed by atoms with E-state index in [0.717, 1.165) is 11.1 Å². The Hall–Kier alpha value is -2.43. The Morgan fingerprint density at radius 2 is 1.94 bits per heavy atom. The van der Waals surface area contributed by atoms with Gasteiger partial charge in [0.05, 0.1) is 12.7 Å². The summed E-state index contributed by atoms with van der Waals surface area (Å²) in [5.74, 6) is 0.623. The van der Waals surface area contributed by atoms with Crippen molar-refractivity contribution in [2.24, 2.45) is 0 Å². The average Bonchev–Trinajstić information content (AvgIpc) is 2.41. The van der Waals surface area contributed by atoms with Gasteiger partial charge in [-0.15, -0.1) is 0 Å². The second-order valence-corrected chi connectivity index (χ2v) is 3.83. The summed E-state index contributed by atoms with van der Waals surface area (Å²) in [6.45, 7) is 1.85. The van der Waals surface area contributed by atoms with Crippen LogP contribution in [0, 0.1) is 6.92 Å². The van der Waals surface area contributed by atoms with Crippen LogP contribution in [0.3, 0.4) is 0 Å². The van der Waals surface area contributed by atoms with Gasteiger partial charge in [0, 0.05) is 17.3 Å². The Morgan fingerprint density at radius 1 is 1.28 bits per heavy atom. The van der Waals surface area contributed by atoms with Crippen LogP contribution in [0.4, 0.5) is 5.82 Å². The predicted octanol–water partition coefficient (Wildman–Crippen LogP) is 1.82. The minimum atomic E-state index is -0.370. The molecule has 0 saturated heterocycles. The van der Waals surface area contributed by atoms with Crippen LogP contribution in [0.2, 0.25) is 0 Å². The normalized spacial score (nSPS) is 10.1. The minimum absolute atomic E-state index is 0.370. The number of methoxy groups -OCH3 is 1. The molecule has 1 aromatic heterocycles. The van der Waals surface area contributed by atoms with Gasteiger partial charge in [-0.25, -0.2) is 14.8 Å². The van der Waals surface area contributed by atoms with Gasteiger partial charge in [-0.05, 0) is 19.1 Å². The Labute approximate surface area is 105 Å². The molecule has 0 aliphatic heterocycles. The average molecular weight is 243 g/mol. The Morgan fingerprint density at radius 3 is 2.50 bits per heavy atom. The van der Waals surface area contributed by atoms with Crippen LogP contribution in [0.25, 0.3) is 11.4 Å². The molecule has 0 radical (unpaired) electrons. The van der Waals surface area contributed by atoms with E-state index in [1.54, 1.807) is 30.5 Å². The molecule has 5 heteroatoms. The Kier molecular flexibility index (Phi) is 3.23. The summed E-state index contributed by atoms with van der Waals surface area (Å²) in [5, 5.41) is 0. The number of esters is 1. The number of aromatic nitrogens is 2. The zero-order chi connectivity index (χ0) is 13.1. The van der Waals surface area contributed by atoms with E-state index in [4.69, 9.17) is 5.73 Å². The molecule has 0 amide bonds. The van der Waals surface area contributed by atoms with Crippen molar-refractivity contribution in [1.82, 2.24) is 9.97 Å². The first-order valence-electron chi connectivity index (χ1n) is 5.39. The molecule has 5 nitrogen and oxygen atoms in total. The van der Waals surface area contributed by atoms with Crippen LogP contribution in [0.1, 0.15) is 15.9 Å². The van der Waals surface area contributed by atoms with Gasteiger partial charge in [0.2, 0.25) is 0 Å². The largest absolute Gasteiger partial charge is 0.465 e. The molecular weight excluding hydrogens is 230 g/mol. The second kappa shape index (κ2) is 4.83. The number of hydrogen-bond donors (Lipinski definition) is 1. The molecule has 0 bridgehead atoms. The first-order chi connectivity index (χ1) is 8.61. The second-order valence-electron chi connectivity index (χ2n) is 3.83. The quantitative estimate of drug-likeness (QED) is 0.814. The molecule has 92 valence electrons. The van der Waals surface area contributed by atoms with Crippen molar-refractivity contribution in [3.8, 4) is 11.4 Å². The molecule has 0 fully saturated rings. The fourth-order valence-electron chi connectivity index (χ4n) is 1.47. The highest BCUT2D eigenvalue weighted by molar-refractivity contribution is 5.89. The SMILES string of the molecule is COC(=O)c1ccc(-c2ncc(C)c(N)n2)cc1. The fourth-order valence-corrected chi connectivity index (χ4v) is 1.47. The third-order valence-corrected chi connectivity index (χ3v) is 2.58. The summed E-state index contributed by atoms with van der Waals surface area (Å²) < 4.78 is 4.63. The lowest BCUT2D eigenvalue weighted by atomic mass is 10.1. The third-order valence-electron chi connectivity index (χ3n) is 2.58. The minimum Gasteiger partial charge on any atom is -0.465 e. The molecule has 0 aliphatic rings. The van der Waals surface area contributed by atoms with E-state index in [0.29, 0.717) is 17.2 Å². The summed E-state index contributed by atoms with van der Waals surface area (Å²) >= 11 is 0. The summed E-state index contributed by atoms with van der Waals surface area (Å²) in [6.07, 6.45) is 1.67. The van der Waals surface area contributed by atoms with Gasteiger partial charge in [-0.3, -0.25) is 0 Å².